The summed E-state index contributed by atoms with van der Waals surface area (Å²) >= 11 is 0. The van der Waals surface area contributed by atoms with Crippen LogP contribution in [-0.2, 0) is 4.74 Å². The third-order valence-corrected chi connectivity index (χ3v) is 5.03. The van der Waals surface area contributed by atoms with Gasteiger partial charge in [0.15, 0.2) is 5.76 Å². The van der Waals surface area contributed by atoms with Gasteiger partial charge in [-0.05, 0) is 26.5 Å². The molecule has 0 spiro atoms. The first-order valence-corrected chi connectivity index (χ1v) is 8.99. The second-order valence-electron chi connectivity index (χ2n) is 6.85. The Labute approximate surface area is 144 Å². The Morgan fingerprint density at radius 2 is 1.92 bits per heavy atom. The lowest BCUT2D eigenvalue weighted by Crippen LogP contribution is -2.53. The maximum Gasteiger partial charge on any atom is 0.289 e. The van der Waals surface area contributed by atoms with Crippen molar-refractivity contribution in [1.29, 1.82) is 0 Å². The van der Waals surface area contributed by atoms with Crippen LogP contribution in [0.4, 0.5) is 0 Å². The van der Waals surface area contributed by atoms with Crippen LogP contribution >= 0.6 is 0 Å². The standard InChI is InChI=1S/C18H29N3O3/c1-4-19-9-10-23-16(12-19)13-20-5-7-21(8-6-20)18(22)17-14(2)11-15(3)24-17/h11,16H,4-10,12-13H2,1-3H3. The van der Waals surface area contributed by atoms with E-state index in [1.54, 1.807) is 0 Å². The number of hydrogen-bond acceptors (Lipinski definition) is 5. The highest BCUT2D eigenvalue weighted by atomic mass is 16.5. The lowest BCUT2D eigenvalue weighted by molar-refractivity contribution is -0.0459. The molecule has 0 bridgehead atoms. The second kappa shape index (κ2) is 7.68. The zero-order valence-electron chi connectivity index (χ0n) is 15.1. The molecule has 24 heavy (non-hydrogen) atoms. The van der Waals surface area contributed by atoms with Gasteiger partial charge in [-0.1, -0.05) is 6.92 Å². The maximum absolute atomic E-state index is 12.6. The number of hydrogen-bond donors (Lipinski definition) is 0. The molecule has 2 fully saturated rings. The molecule has 1 aromatic rings. The number of amides is 1. The zero-order chi connectivity index (χ0) is 17.1. The lowest BCUT2D eigenvalue weighted by atomic mass is 10.2. The number of carbonyl (C=O) groups excluding carboxylic acids is 1. The molecule has 0 aromatic carbocycles. The van der Waals surface area contributed by atoms with E-state index < -0.39 is 0 Å². The van der Waals surface area contributed by atoms with E-state index >= 15 is 0 Å². The molecule has 0 radical (unpaired) electrons. The normalized spacial score (nSPS) is 23.6. The minimum atomic E-state index is 0.0197. The van der Waals surface area contributed by atoms with Crippen molar-refractivity contribution in [2.75, 3.05) is 59.0 Å². The Bertz CT molecular complexity index is 564. The molecule has 1 unspecified atom stereocenters. The van der Waals surface area contributed by atoms with Crippen LogP contribution in [0.25, 0.3) is 0 Å². The van der Waals surface area contributed by atoms with E-state index in [4.69, 9.17) is 9.15 Å². The second-order valence-corrected chi connectivity index (χ2v) is 6.85. The van der Waals surface area contributed by atoms with Crippen LogP contribution in [0, 0.1) is 13.8 Å². The summed E-state index contributed by atoms with van der Waals surface area (Å²) in [7, 11) is 0. The molecule has 1 atom stereocenters. The number of carbonyl (C=O) groups is 1. The number of aryl methyl sites for hydroxylation is 2. The van der Waals surface area contributed by atoms with Crippen LogP contribution in [0.5, 0.6) is 0 Å². The van der Waals surface area contributed by atoms with Gasteiger partial charge in [0.2, 0.25) is 0 Å². The number of likely N-dealkylation sites (N-methyl/N-ethyl adjacent to an activating group) is 1. The molecule has 1 amide bonds. The predicted octanol–water partition coefficient (Wildman–Crippen LogP) is 1.37. The molecule has 134 valence electrons. The highest BCUT2D eigenvalue weighted by Crippen LogP contribution is 2.17. The summed E-state index contributed by atoms with van der Waals surface area (Å²) in [5, 5.41) is 0. The van der Waals surface area contributed by atoms with Crippen molar-refractivity contribution >= 4 is 5.91 Å². The Morgan fingerprint density at radius 1 is 1.17 bits per heavy atom. The zero-order valence-corrected chi connectivity index (χ0v) is 15.1. The summed E-state index contributed by atoms with van der Waals surface area (Å²) in [6.45, 7) is 14.2. The Kier molecular flexibility index (Phi) is 5.58. The Hall–Kier alpha value is -1.37. The van der Waals surface area contributed by atoms with Gasteiger partial charge in [-0.15, -0.1) is 0 Å². The van der Waals surface area contributed by atoms with Crippen molar-refractivity contribution in [2.45, 2.75) is 26.9 Å². The lowest BCUT2D eigenvalue weighted by Gasteiger charge is -2.38. The van der Waals surface area contributed by atoms with Gasteiger partial charge in [0.05, 0.1) is 12.7 Å². The number of furan rings is 1. The Morgan fingerprint density at radius 3 is 2.54 bits per heavy atom. The maximum atomic E-state index is 12.6. The number of rotatable bonds is 4. The molecule has 3 heterocycles. The van der Waals surface area contributed by atoms with E-state index in [-0.39, 0.29) is 12.0 Å². The SMILES string of the molecule is CCN1CCOC(CN2CCN(C(=O)c3oc(C)cc3C)CC2)C1. The average molecular weight is 335 g/mol. The van der Waals surface area contributed by atoms with Gasteiger partial charge in [-0.25, -0.2) is 0 Å². The fourth-order valence-corrected chi connectivity index (χ4v) is 3.60. The van der Waals surface area contributed by atoms with Gasteiger partial charge >= 0.3 is 0 Å². The summed E-state index contributed by atoms with van der Waals surface area (Å²) in [6, 6.07) is 1.92. The van der Waals surface area contributed by atoms with Crippen molar-refractivity contribution in [3.63, 3.8) is 0 Å². The van der Waals surface area contributed by atoms with Crippen molar-refractivity contribution < 1.29 is 13.9 Å². The molecule has 6 heteroatoms. The molecule has 1 aromatic heterocycles. The molecule has 2 aliphatic heterocycles. The number of nitrogens with zero attached hydrogens (tertiary/aromatic N) is 3. The summed E-state index contributed by atoms with van der Waals surface area (Å²) < 4.78 is 11.5. The van der Waals surface area contributed by atoms with Crippen molar-refractivity contribution in [3.8, 4) is 0 Å². The number of morpholine rings is 1. The summed E-state index contributed by atoms with van der Waals surface area (Å²) in [6.07, 6.45) is 0.288. The molecule has 6 nitrogen and oxygen atoms in total. The molecule has 0 aliphatic carbocycles. The summed E-state index contributed by atoms with van der Waals surface area (Å²) in [5.41, 5.74) is 0.926. The minimum Gasteiger partial charge on any atom is -0.456 e. The van der Waals surface area contributed by atoms with E-state index in [1.807, 2.05) is 24.8 Å². The largest absolute Gasteiger partial charge is 0.456 e. The van der Waals surface area contributed by atoms with Gasteiger partial charge in [0.25, 0.3) is 5.91 Å². The minimum absolute atomic E-state index is 0.0197. The smallest absolute Gasteiger partial charge is 0.289 e. The summed E-state index contributed by atoms with van der Waals surface area (Å²) in [4.78, 5) is 19.4. The van der Waals surface area contributed by atoms with E-state index in [0.29, 0.717) is 5.76 Å². The highest BCUT2D eigenvalue weighted by Gasteiger charge is 2.28. The fourth-order valence-electron chi connectivity index (χ4n) is 3.60. The van der Waals surface area contributed by atoms with Crippen LogP contribution < -0.4 is 0 Å². The van der Waals surface area contributed by atoms with Crippen molar-refractivity contribution in [1.82, 2.24) is 14.7 Å². The summed E-state index contributed by atoms with van der Waals surface area (Å²) in [5.74, 6) is 1.31. The van der Waals surface area contributed by atoms with E-state index in [2.05, 4.69) is 16.7 Å². The first kappa shape index (κ1) is 17.5. The molecule has 2 saturated heterocycles. The van der Waals surface area contributed by atoms with Crippen LogP contribution in [0.15, 0.2) is 10.5 Å². The molecule has 3 rings (SSSR count). The third kappa shape index (κ3) is 3.99. The van der Waals surface area contributed by atoms with Gasteiger partial charge < -0.3 is 14.1 Å². The van der Waals surface area contributed by atoms with Crippen LogP contribution in [0.1, 0.15) is 28.8 Å². The molecule has 0 N–H and O–H groups in total. The van der Waals surface area contributed by atoms with Crippen LogP contribution in [0.2, 0.25) is 0 Å². The van der Waals surface area contributed by atoms with Crippen LogP contribution in [-0.4, -0.2) is 85.7 Å². The monoisotopic (exact) mass is 335 g/mol. The number of ether oxygens (including phenoxy) is 1. The van der Waals surface area contributed by atoms with Crippen LogP contribution in [0.3, 0.4) is 0 Å². The first-order valence-electron chi connectivity index (χ1n) is 8.99. The highest BCUT2D eigenvalue weighted by molar-refractivity contribution is 5.93. The van der Waals surface area contributed by atoms with Gasteiger partial charge in [-0.3, -0.25) is 14.6 Å². The molecular weight excluding hydrogens is 306 g/mol. The fraction of sp³-hybridized carbons (Fsp3) is 0.722. The van der Waals surface area contributed by atoms with E-state index in [0.717, 1.165) is 70.3 Å². The predicted molar refractivity (Wildman–Crippen MR) is 92.4 cm³/mol. The molecule has 2 aliphatic rings. The topological polar surface area (TPSA) is 49.2 Å². The average Bonchev–Trinajstić information content (AvgIpc) is 2.93. The first-order chi connectivity index (χ1) is 11.6. The van der Waals surface area contributed by atoms with Gasteiger partial charge in [-0.2, -0.15) is 0 Å². The number of piperazine rings is 1. The quantitative estimate of drug-likeness (QED) is 0.832. The Balaban J connectivity index is 1.49. The van der Waals surface area contributed by atoms with E-state index in [1.165, 1.54) is 0 Å². The van der Waals surface area contributed by atoms with Gasteiger partial charge in [0, 0.05) is 51.4 Å². The molecular formula is C18H29N3O3. The van der Waals surface area contributed by atoms with Crippen molar-refractivity contribution in [2.24, 2.45) is 0 Å². The van der Waals surface area contributed by atoms with Crippen molar-refractivity contribution in [3.05, 3.63) is 23.2 Å². The molecule has 0 saturated carbocycles. The third-order valence-electron chi connectivity index (χ3n) is 5.03. The van der Waals surface area contributed by atoms with E-state index in [9.17, 15) is 4.79 Å². The van der Waals surface area contributed by atoms with Gasteiger partial charge in [0.1, 0.15) is 5.76 Å².